The molecule has 1 aliphatic heterocycles. The number of aryl methyl sites for hydroxylation is 2. The van der Waals surface area contributed by atoms with Crippen molar-refractivity contribution >= 4 is 28.9 Å². The van der Waals surface area contributed by atoms with Gasteiger partial charge in [-0.3, -0.25) is 9.69 Å². The van der Waals surface area contributed by atoms with Crippen LogP contribution in [0.15, 0.2) is 42.5 Å². The van der Waals surface area contributed by atoms with Crippen molar-refractivity contribution in [3.63, 3.8) is 0 Å². The van der Waals surface area contributed by atoms with E-state index in [1.165, 1.54) is 0 Å². The van der Waals surface area contributed by atoms with Crippen molar-refractivity contribution in [2.24, 2.45) is 5.73 Å². The van der Waals surface area contributed by atoms with E-state index in [2.05, 4.69) is 6.07 Å². The topological polar surface area (TPSA) is 46.3 Å². The molecule has 0 aliphatic carbocycles. The molecule has 0 radical (unpaired) electrons. The van der Waals surface area contributed by atoms with Gasteiger partial charge in [0.25, 0.3) is 0 Å². The number of nitrogens with zero attached hydrogens (tertiary/aromatic N) is 1. The number of hydrogen-bond donors (Lipinski definition) is 1. The van der Waals surface area contributed by atoms with Crippen molar-refractivity contribution in [1.82, 2.24) is 0 Å². The zero-order chi connectivity index (χ0) is 14.1. The Hall–Kier alpha value is -1.84. The van der Waals surface area contributed by atoms with Gasteiger partial charge in [-0.25, -0.2) is 0 Å². The van der Waals surface area contributed by atoms with E-state index in [1.807, 2.05) is 36.4 Å². The van der Waals surface area contributed by atoms with Crippen LogP contribution in [0.5, 0.6) is 0 Å². The maximum Gasteiger partial charge on any atom is 0.245 e. The fourth-order valence-corrected chi connectivity index (χ4v) is 2.82. The molecule has 0 saturated carbocycles. The third-order valence-corrected chi connectivity index (χ3v) is 3.84. The van der Waals surface area contributed by atoms with E-state index in [1.54, 1.807) is 4.90 Å². The molecule has 0 unspecified atom stereocenters. The molecule has 2 N–H and O–H groups in total. The number of halogens is 1. The molecule has 2 aromatic carbocycles. The van der Waals surface area contributed by atoms with Crippen molar-refractivity contribution in [2.45, 2.75) is 12.8 Å². The van der Waals surface area contributed by atoms with Crippen LogP contribution in [0.3, 0.4) is 0 Å². The number of nitrogens with two attached hydrogens (primary N) is 1. The zero-order valence-electron chi connectivity index (χ0n) is 11.0. The molecule has 3 rings (SSSR count). The summed E-state index contributed by atoms with van der Waals surface area (Å²) in [4.78, 5) is 14.0. The van der Waals surface area contributed by atoms with Gasteiger partial charge in [0.1, 0.15) is 0 Å². The van der Waals surface area contributed by atoms with Crippen molar-refractivity contribution < 1.29 is 4.79 Å². The van der Waals surface area contributed by atoms with Crippen LogP contribution in [-0.2, 0) is 17.6 Å². The zero-order valence-corrected chi connectivity index (χ0v) is 11.7. The van der Waals surface area contributed by atoms with Crippen molar-refractivity contribution in [2.75, 3.05) is 11.4 Å². The Morgan fingerprint density at radius 3 is 2.55 bits per heavy atom. The van der Waals surface area contributed by atoms with Gasteiger partial charge in [0.15, 0.2) is 0 Å². The summed E-state index contributed by atoms with van der Waals surface area (Å²) < 4.78 is 0. The third kappa shape index (κ3) is 2.19. The first-order valence-corrected chi connectivity index (χ1v) is 6.98. The van der Waals surface area contributed by atoms with Crippen LogP contribution >= 0.6 is 11.6 Å². The molecular formula is C16H15ClN2O. The lowest BCUT2D eigenvalue weighted by Crippen LogP contribution is -2.32. The van der Waals surface area contributed by atoms with Gasteiger partial charge < -0.3 is 5.73 Å². The van der Waals surface area contributed by atoms with E-state index >= 15 is 0 Å². The third-order valence-electron chi connectivity index (χ3n) is 3.61. The van der Waals surface area contributed by atoms with Gasteiger partial charge in [0, 0.05) is 5.02 Å². The van der Waals surface area contributed by atoms with Crippen molar-refractivity contribution in [3.8, 4) is 0 Å². The quantitative estimate of drug-likeness (QED) is 0.876. The summed E-state index contributed by atoms with van der Waals surface area (Å²) >= 11 is 6.10. The smallest absolute Gasteiger partial charge is 0.245 e. The molecule has 102 valence electrons. The average molecular weight is 287 g/mol. The first-order valence-electron chi connectivity index (χ1n) is 6.60. The lowest BCUT2D eigenvalue weighted by atomic mass is 10.0. The summed E-state index contributed by atoms with van der Waals surface area (Å²) in [5, 5.41) is 0.623. The molecule has 3 nitrogen and oxygen atoms in total. The molecule has 0 aromatic heterocycles. The largest absolute Gasteiger partial charge is 0.322 e. The number of para-hydroxylation sites is 1. The predicted molar refractivity (Wildman–Crippen MR) is 81.5 cm³/mol. The summed E-state index contributed by atoms with van der Waals surface area (Å²) in [7, 11) is 0. The van der Waals surface area contributed by atoms with Crippen molar-refractivity contribution in [3.05, 3.63) is 58.6 Å². The normalized spacial score (nSPS) is 13.4. The number of hydrogen-bond acceptors (Lipinski definition) is 2. The fraction of sp³-hybridized carbons (Fsp3) is 0.188. The molecule has 0 atom stereocenters. The Morgan fingerprint density at radius 1 is 1.10 bits per heavy atom. The molecule has 2 aromatic rings. The minimum Gasteiger partial charge on any atom is -0.322 e. The standard InChI is InChI=1S/C16H15ClN2O/c17-13-8-7-12-6-5-11-3-1-2-4-14(11)19(15(12)9-13)16(20)10-18/h1-4,7-9H,5-6,10,18H2. The van der Waals surface area contributed by atoms with E-state index in [4.69, 9.17) is 17.3 Å². The van der Waals surface area contributed by atoms with Crippen LogP contribution < -0.4 is 10.6 Å². The minimum absolute atomic E-state index is 0.0275. The van der Waals surface area contributed by atoms with Gasteiger partial charge in [-0.2, -0.15) is 0 Å². The fourth-order valence-electron chi connectivity index (χ4n) is 2.66. The lowest BCUT2D eigenvalue weighted by Gasteiger charge is -2.24. The number of anilines is 2. The summed E-state index contributed by atoms with van der Waals surface area (Å²) in [5.41, 5.74) is 9.61. The van der Waals surface area contributed by atoms with E-state index in [0.29, 0.717) is 5.02 Å². The Bertz CT molecular complexity index is 669. The number of fused-ring (bicyclic) bond motifs is 2. The number of amides is 1. The molecule has 0 saturated heterocycles. The lowest BCUT2D eigenvalue weighted by molar-refractivity contribution is -0.116. The van der Waals surface area contributed by atoms with Crippen molar-refractivity contribution in [1.29, 1.82) is 0 Å². The van der Waals surface area contributed by atoms with Gasteiger partial charge in [-0.1, -0.05) is 35.9 Å². The molecule has 1 amide bonds. The van der Waals surface area contributed by atoms with Gasteiger partial charge in [-0.15, -0.1) is 0 Å². The molecule has 0 fully saturated rings. The van der Waals surface area contributed by atoms with Crippen LogP contribution in [0.1, 0.15) is 11.1 Å². The molecular weight excluding hydrogens is 272 g/mol. The number of rotatable bonds is 1. The predicted octanol–water partition coefficient (Wildman–Crippen LogP) is 3.06. The second-order valence-electron chi connectivity index (χ2n) is 4.84. The average Bonchev–Trinajstić information content (AvgIpc) is 2.63. The highest BCUT2D eigenvalue weighted by atomic mass is 35.5. The van der Waals surface area contributed by atoms with Gasteiger partial charge in [0.2, 0.25) is 5.91 Å². The van der Waals surface area contributed by atoms with E-state index < -0.39 is 0 Å². The Kier molecular flexibility index (Phi) is 3.47. The van der Waals surface area contributed by atoms with Gasteiger partial charge >= 0.3 is 0 Å². The first kappa shape index (κ1) is 13.2. The molecule has 1 aliphatic rings. The highest BCUT2D eigenvalue weighted by Crippen LogP contribution is 2.37. The Morgan fingerprint density at radius 2 is 1.80 bits per heavy atom. The molecule has 20 heavy (non-hydrogen) atoms. The summed E-state index contributed by atoms with van der Waals surface area (Å²) in [5.74, 6) is -0.122. The number of carbonyl (C=O) groups is 1. The Balaban J connectivity index is 2.24. The maximum absolute atomic E-state index is 12.3. The van der Waals surface area contributed by atoms with Gasteiger partial charge in [-0.05, 0) is 42.2 Å². The van der Waals surface area contributed by atoms with E-state index in [-0.39, 0.29) is 12.5 Å². The summed E-state index contributed by atoms with van der Waals surface area (Å²) in [6.45, 7) is -0.0275. The SMILES string of the molecule is NCC(=O)N1c2ccccc2CCc2ccc(Cl)cc21. The molecule has 4 heteroatoms. The number of carbonyl (C=O) groups excluding carboxylic acids is 1. The molecule has 1 heterocycles. The van der Waals surface area contributed by atoms with E-state index in [9.17, 15) is 4.79 Å². The monoisotopic (exact) mass is 286 g/mol. The Labute approximate surface area is 123 Å². The first-order chi connectivity index (χ1) is 9.70. The minimum atomic E-state index is -0.122. The van der Waals surface area contributed by atoms with Crippen LogP contribution in [0.4, 0.5) is 11.4 Å². The van der Waals surface area contributed by atoms with Gasteiger partial charge in [0.05, 0.1) is 17.9 Å². The van der Waals surface area contributed by atoms with Crippen LogP contribution in [0.2, 0.25) is 5.02 Å². The highest BCUT2D eigenvalue weighted by molar-refractivity contribution is 6.31. The summed E-state index contributed by atoms with van der Waals surface area (Å²) in [6, 6.07) is 13.6. The number of benzene rings is 2. The second kappa shape index (κ2) is 5.27. The second-order valence-corrected chi connectivity index (χ2v) is 5.27. The van der Waals surface area contributed by atoms with Crippen LogP contribution in [0.25, 0.3) is 0 Å². The molecule has 0 spiro atoms. The summed E-state index contributed by atoms with van der Waals surface area (Å²) in [6.07, 6.45) is 1.79. The van der Waals surface area contributed by atoms with Crippen LogP contribution in [-0.4, -0.2) is 12.5 Å². The molecule has 0 bridgehead atoms. The van der Waals surface area contributed by atoms with E-state index in [0.717, 1.165) is 35.3 Å². The van der Waals surface area contributed by atoms with Crippen LogP contribution in [0, 0.1) is 0 Å². The highest BCUT2D eigenvalue weighted by Gasteiger charge is 2.24. The maximum atomic E-state index is 12.3.